The average Bonchev–Trinajstić information content (AvgIpc) is 2.60. The molecule has 6 nitrogen and oxygen atoms in total. The highest BCUT2D eigenvalue weighted by Crippen LogP contribution is 2.13. The molecule has 1 unspecified atom stereocenters. The summed E-state index contributed by atoms with van der Waals surface area (Å²) in [7, 11) is -3.59. The van der Waals surface area contributed by atoms with Crippen molar-refractivity contribution in [2.24, 2.45) is 0 Å². The topological polar surface area (TPSA) is 88.2 Å². The quantitative estimate of drug-likeness (QED) is 0.752. The molecule has 1 atom stereocenters. The van der Waals surface area contributed by atoms with Gasteiger partial charge in [0.15, 0.2) is 0 Å². The summed E-state index contributed by atoms with van der Waals surface area (Å²) in [6, 6.07) is 9.22. The molecule has 1 heterocycles. The lowest BCUT2D eigenvalue weighted by Crippen LogP contribution is -2.27. The molecule has 2 N–H and O–H groups in total. The smallest absolute Gasteiger partial charge is 0.251 e. The van der Waals surface area contributed by atoms with Gasteiger partial charge in [0.25, 0.3) is 5.91 Å². The third-order valence-corrected chi connectivity index (χ3v) is 4.82. The summed E-state index contributed by atoms with van der Waals surface area (Å²) >= 11 is 0. The van der Waals surface area contributed by atoms with Crippen LogP contribution in [0.5, 0.6) is 0 Å². The highest BCUT2D eigenvalue weighted by Gasteiger charge is 2.15. The number of amides is 1. The fourth-order valence-corrected chi connectivity index (χ4v) is 3.03. The molecule has 0 fully saturated rings. The molecule has 1 aromatic heterocycles. The molecule has 0 aliphatic carbocycles. The highest BCUT2D eigenvalue weighted by molar-refractivity contribution is 7.89. The van der Waals surface area contributed by atoms with Gasteiger partial charge in [-0.3, -0.25) is 9.78 Å². The van der Waals surface area contributed by atoms with Crippen LogP contribution in [0.4, 0.5) is 0 Å². The molecular formula is C17H19N3O3S. The van der Waals surface area contributed by atoms with Gasteiger partial charge in [0.1, 0.15) is 0 Å². The van der Waals surface area contributed by atoms with Crippen molar-refractivity contribution in [3.63, 3.8) is 0 Å². The van der Waals surface area contributed by atoms with Crippen LogP contribution >= 0.6 is 0 Å². The number of hydrogen-bond donors (Lipinski definition) is 2. The Hall–Kier alpha value is -2.51. The summed E-state index contributed by atoms with van der Waals surface area (Å²) in [6.45, 7) is 5.46. The second-order valence-electron chi connectivity index (χ2n) is 5.15. The number of rotatable bonds is 7. The van der Waals surface area contributed by atoms with Crippen LogP contribution in [0, 0.1) is 0 Å². The summed E-state index contributed by atoms with van der Waals surface area (Å²) in [5.74, 6) is -0.283. The van der Waals surface area contributed by atoms with Gasteiger partial charge >= 0.3 is 0 Å². The van der Waals surface area contributed by atoms with Crippen molar-refractivity contribution in [2.75, 3.05) is 6.54 Å². The van der Waals surface area contributed by atoms with E-state index in [4.69, 9.17) is 0 Å². The Bertz CT molecular complexity index is 803. The largest absolute Gasteiger partial charge is 0.345 e. The van der Waals surface area contributed by atoms with E-state index < -0.39 is 10.0 Å². The van der Waals surface area contributed by atoms with E-state index in [-0.39, 0.29) is 23.4 Å². The molecule has 0 saturated heterocycles. The SMILES string of the molecule is C=CCNS(=O)(=O)c1ccc(C(=O)NC(C)c2cccnc2)cc1. The van der Waals surface area contributed by atoms with Gasteiger partial charge in [-0.1, -0.05) is 12.1 Å². The Morgan fingerprint density at radius 3 is 2.58 bits per heavy atom. The van der Waals surface area contributed by atoms with Crippen LogP contribution < -0.4 is 10.0 Å². The zero-order valence-corrected chi connectivity index (χ0v) is 14.1. The molecule has 0 aliphatic heterocycles. The van der Waals surface area contributed by atoms with Crippen LogP contribution in [-0.4, -0.2) is 25.9 Å². The van der Waals surface area contributed by atoms with Crippen molar-refractivity contribution >= 4 is 15.9 Å². The third kappa shape index (κ3) is 4.50. The minimum Gasteiger partial charge on any atom is -0.345 e. The summed E-state index contributed by atoms with van der Waals surface area (Å²) < 4.78 is 26.3. The van der Waals surface area contributed by atoms with Gasteiger partial charge < -0.3 is 5.32 Å². The number of aromatic nitrogens is 1. The van der Waals surface area contributed by atoms with E-state index in [0.717, 1.165) is 5.56 Å². The monoisotopic (exact) mass is 345 g/mol. The average molecular weight is 345 g/mol. The number of pyridine rings is 1. The first kappa shape index (κ1) is 17.8. The lowest BCUT2D eigenvalue weighted by molar-refractivity contribution is 0.0939. The van der Waals surface area contributed by atoms with E-state index in [1.165, 1.54) is 30.3 Å². The minimum absolute atomic E-state index is 0.0983. The maximum atomic E-state index is 12.3. The first-order valence-electron chi connectivity index (χ1n) is 7.35. The van der Waals surface area contributed by atoms with Gasteiger partial charge in [-0.15, -0.1) is 6.58 Å². The predicted octanol–water partition coefficient (Wildman–Crippen LogP) is 2.04. The Labute approximate surface area is 141 Å². The van der Waals surface area contributed by atoms with E-state index in [1.807, 2.05) is 13.0 Å². The second-order valence-corrected chi connectivity index (χ2v) is 6.91. The molecule has 24 heavy (non-hydrogen) atoms. The molecule has 7 heteroatoms. The van der Waals surface area contributed by atoms with E-state index in [0.29, 0.717) is 5.56 Å². The van der Waals surface area contributed by atoms with Crippen LogP contribution in [0.1, 0.15) is 28.9 Å². The predicted molar refractivity (Wildman–Crippen MR) is 91.9 cm³/mol. The van der Waals surface area contributed by atoms with Crippen LogP contribution in [0.3, 0.4) is 0 Å². The summed E-state index contributed by atoms with van der Waals surface area (Å²) in [5.41, 5.74) is 1.27. The fraction of sp³-hybridized carbons (Fsp3) is 0.176. The molecule has 0 radical (unpaired) electrons. The molecular weight excluding hydrogens is 326 g/mol. The number of nitrogens with zero attached hydrogens (tertiary/aromatic N) is 1. The van der Waals surface area contributed by atoms with Gasteiger partial charge in [0, 0.05) is 24.5 Å². The Morgan fingerprint density at radius 2 is 2.00 bits per heavy atom. The number of nitrogens with one attached hydrogen (secondary N) is 2. The van der Waals surface area contributed by atoms with Gasteiger partial charge in [-0.2, -0.15) is 0 Å². The van der Waals surface area contributed by atoms with Gasteiger partial charge in [0.2, 0.25) is 10.0 Å². The van der Waals surface area contributed by atoms with E-state index in [2.05, 4.69) is 21.6 Å². The van der Waals surface area contributed by atoms with Crippen molar-refractivity contribution in [3.05, 3.63) is 72.6 Å². The summed E-state index contributed by atoms with van der Waals surface area (Å²) in [6.07, 6.45) is 4.81. The maximum absolute atomic E-state index is 12.3. The molecule has 2 aromatic rings. The van der Waals surface area contributed by atoms with Crippen molar-refractivity contribution < 1.29 is 13.2 Å². The molecule has 1 aromatic carbocycles. The minimum atomic E-state index is -3.59. The van der Waals surface area contributed by atoms with Crippen LogP contribution in [-0.2, 0) is 10.0 Å². The molecule has 1 amide bonds. The molecule has 126 valence electrons. The Kier molecular flexibility index (Phi) is 5.83. The van der Waals surface area contributed by atoms with E-state index in [1.54, 1.807) is 18.5 Å². The molecule has 0 spiro atoms. The molecule has 0 bridgehead atoms. The zero-order valence-electron chi connectivity index (χ0n) is 13.3. The number of hydrogen-bond acceptors (Lipinski definition) is 4. The first-order valence-corrected chi connectivity index (χ1v) is 8.84. The zero-order chi connectivity index (χ0) is 17.6. The third-order valence-electron chi connectivity index (χ3n) is 3.38. The number of sulfonamides is 1. The summed E-state index contributed by atoms with van der Waals surface area (Å²) in [4.78, 5) is 16.4. The number of benzene rings is 1. The number of carbonyl (C=O) groups excluding carboxylic acids is 1. The van der Waals surface area contributed by atoms with Crippen molar-refractivity contribution in [2.45, 2.75) is 17.9 Å². The van der Waals surface area contributed by atoms with Crippen LogP contribution in [0.2, 0.25) is 0 Å². The lowest BCUT2D eigenvalue weighted by Gasteiger charge is -2.14. The Balaban J connectivity index is 2.07. The Morgan fingerprint density at radius 1 is 1.29 bits per heavy atom. The lowest BCUT2D eigenvalue weighted by atomic mass is 10.1. The second kappa shape index (κ2) is 7.85. The van der Waals surface area contributed by atoms with Crippen LogP contribution in [0.25, 0.3) is 0 Å². The summed E-state index contributed by atoms with van der Waals surface area (Å²) in [5, 5.41) is 2.85. The fourth-order valence-electron chi connectivity index (χ4n) is 2.03. The normalized spacial score (nSPS) is 12.4. The van der Waals surface area contributed by atoms with Gasteiger partial charge in [-0.25, -0.2) is 13.1 Å². The maximum Gasteiger partial charge on any atom is 0.251 e. The van der Waals surface area contributed by atoms with Crippen molar-refractivity contribution in [3.8, 4) is 0 Å². The van der Waals surface area contributed by atoms with Crippen molar-refractivity contribution in [1.29, 1.82) is 0 Å². The molecule has 0 aliphatic rings. The first-order chi connectivity index (χ1) is 11.4. The standard InChI is InChI=1S/C17H19N3O3S/c1-3-10-19-24(22,23)16-8-6-14(7-9-16)17(21)20-13(2)15-5-4-11-18-12-15/h3-9,11-13,19H,1,10H2,2H3,(H,20,21). The molecule has 0 saturated carbocycles. The van der Waals surface area contributed by atoms with E-state index >= 15 is 0 Å². The van der Waals surface area contributed by atoms with Gasteiger partial charge in [-0.05, 0) is 42.8 Å². The number of carbonyl (C=O) groups is 1. The van der Waals surface area contributed by atoms with Crippen LogP contribution in [0.15, 0.2) is 66.3 Å². The highest BCUT2D eigenvalue weighted by atomic mass is 32.2. The van der Waals surface area contributed by atoms with Gasteiger partial charge in [0.05, 0.1) is 10.9 Å². The van der Waals surface area contributed by atoms with E-state index in [9.17, 15) is 13.2 Å². The van der Waals surface area contributed by atoms with Crippen molar-refractivity contribution in [1.82, 2.24) is 15.0 Å². The molecule has 2 rings (SSSR count).